The first-order valence-corrected chi connectivity index (χ1v) is 6.46. The van der Waals surface area contributed by atoms with Crippen molar-refractivity contribution in [3.8, 4) is 0 Å². The summed E-state index contributed by atoms with van der Waals surface area (Å²) >= 11 is 4.24. The van der Waals surface area contributed by atoms with Crippen LogP contribution in [0, 0.1) is 6.92 Å². The van der Waals surface area contributed by atoms with Gasteiger partial charge < -0.3 is 4.90 Å². The van der Waals surface area contributed by atoms with Gasteiger partial charge in [0.25, 0.3) is 0 Å². The van der Waals surface area contributed by atoms with Gasteiger partial charge in [-0.25, -0.2) is 9.97 Å². The van der Waals surface area contributed by atoms with Crippen molar-refractivity contribution in [1.82, 2.24) is 14.9 Å². The second kappa shape index (κ2) is 5.15. The summed E-state index contributed by atoms with van der Waals surface area (Å²) in [7, 11) is 2.17. The van der Waals surface area contributed by atoms with Crippen molar-refractivity contribution in [3.63, 3.8) is 0 Å². The van der Waals surface area contributed by atoms with Crippen molar-refractivity contribution in [2.24, 2.45) is 0 Å². The predicted octanol–water partition coefficient (Wildman–Crippen LogP) is 1.68. The van der Waals surface area contributed by atoms with Crippen LogP contribution in [0.4, 0.5) is 0 Å². The molecule has 1 saturated heterocycles. The summed E-state index contributed by atoms with van der Waals surface area (Å²) in [6, 6.07) is 2.13. The smallest absolute Gasteiger partial charge is 0.129 e. The molecule has 0 aliphatic carbocycles. The second-order valence-corrected chi connectivity index (χ2v) is 5.02. The zero-order chi connectivity index (χ0) is 11.5. The van der Waals surface area contributed by atoms with Crippen LogP contribution in [0.1, 0.15) is 29.6 Å². The Kier molecular flexibility index (Phi) is 3.82. The van der Waals surface area contributed by atoms with Crippen LogP contribution in [0.3, 0.4) is 0 Å². The normalized spacial score (nSPS) is 21.6. The summed E-state index contributed by atoms with van der Waals surface area (Å²) in [5.74, 6) is 2.35. The Balaban J connectivity index is 2.20. The van der Waals surface area contributed by atoms with E-state index in [0.717, 1.165) is 30.2 Å². The maximum Gasteiger partial charge on any atom is 0.129 e. The van der Waals surface area contributed by atoms with Gasteiger partial charge in [0.1, 0.15) is 5.82 Å². The van der Waals surface area contributed by atoms with Gasteiger partial charge in [-0.05, 0) is 38.8 Å². The Labute approximate surface area is 103 Å². The summed E-state index contributed by atoms with van der Waals surface area (Å²) in [5, 5.41) is 0. The van der Waals surface area contributed by atoms with E-state index in [0.29, 0.717) is 5.92 Å². The molecule has 0 bridgehead atoms. The van der Waals surface area contributed by atoms with E-state index in [1.54, 1.807) is 0 Å². The molecular formula is C12H19N3S. The number of aryl methyl sites for hydroxylation is 2. The lowest BCUT2D eigenvalue weighted by Gasteiger charge is -2.11. The van der Waals surface area contributed by atoms with E-state index in [-0.39, 0.29) is 0 Å². The van der Waals surface area contributed by atoms with E-state index < -0.39 is 0 Å². The van der Waals surface area contributed by atoms with Crippen LogP contribution in [0.2, 0.25) is 0 Å². The van der Waals surface area contributed by atoms with Gasteiger partial charge in [0.15, 0.2) is 0 Å². The first-order valence-electron chi connectivity index (χ1n) is 5.83. The SMILES string of the molecule is Cc1cc(C2CCN(C)C2)nc(CCS)n1. The lowest BCUT2D eigenvalue weighted by Crippen LogP contribution is -2.14. The largest absolute Gasteiger partial charge is 0.306 e. The van der Waals surface area contributed by atoms with Gasteiger partial charge in [0.2, 0.25) is 0 Å². The van der Waals surface area contributed by atoms with Gasteiger partial charge in [-0.3, -0.25) is 0 Å². The van der Waals surface area contributed by atoms with Crippen LogP contribution in [0.5, 0.6) is 0 Å². The van der Waals surface area contributed by atoms with Crippen molar-refractivity contribution < 1.29 is 0 Å². The van der Waals surface area contributed by atoms with Gasteiger partial charge in [0, 0.05) is 30.3 Å². The first-order chi connectivity index (χ1) is 7.69. The zero-order valence-corrected chi connectivity index (χ0v) is 10.9. The molecule has 1 aromatic heterocycles. The van der Waals surface area contributed by atoms with Crippen LogP contribution in [0.15, 0.2) is 6.07 Å². The van der Waals surface area contributed by atoms with Crippen LogP contribution in [-0.2, 0) is 6.42 Å². The summed E-state index contributed by atoms with van der Waals surface area (Å²) in [6.07, 6.45) is 2.08. The van der Waals surface area contributed by atoms with Crippen LogP contribution in [-0.4, -0.2) is 40.8 Å². The fourth-order valence-electron chi connectivity index (χ4n) is 2.25. The number of likely N-dealkylation sites (N-methyl/N-ethyl adjacent to an activating group) is 1. The van der Waals surface area contributed by atoms with Gasteiger partial charge >= 0.3 is 0 Å². The standard InChI is InChI=1S/C12H19N3S/c1-9-7-11(10-3-5-15(2)8-10)14-12(13-9)4-6-16/h7,10,16H,3-6,8H2,1-2H3. The number of rotatable bonds is 3. The summed E-state index contributed by atoms with van der Waals surface area (Å²) in [4.78, 5) is 11.5. The van der Waals surface area contributed by atoms with Gasteiger partial charge in [-0.2, -0.15) is 12.6 Å². The Hall–Kier alpha value is -0.610. The molecule has 0 radical (unpaired) electrons. The van der Waals surface area contributed by atoms with Gasteiger partial charge in [0.05, 0.1) is 0 Å². The molecule has 1 unspecified atom stereocenters. The molecule has 2 rings (SSSR count). The summed E-state index contributed by atoms with van der Waals surface area (Å²) in [6.45, 7) is 4.35. The third kappa shape index (κ3) is 2.74. The molecule has 0 aromatic carbocycles. The quantitative estimate of drug-likeness (QED) is 0.811. The maximum absolute atomic E-state index is 4.65. The Morgan fingerprint density at radius 2 is 2.31 bits per heavy atom. The monoisotopic (exact) mass is 237 g/mol. The molecule has 0 spiro atoms. The maximum atomic E-state index is 4.65. The van der Waals surface area contributed by atoms with Gasteiger partial charge in [-0.1, -0.05) is 0 Å². The Bertz CT molecular complexity index is 367. The minimum atomic E-state index is 0.588. The number of aromatic nitrogens is 2. The molecule has 0 amide bonds. The van der Waals surface area contributed by atoms with Crippen molar-refractivity contribution in [3.05, 3.63) is 23.3 Å². The molecule has 0 N–H and O–H groups in total. The van der Waals surface area contributed by atoms with Crippen molar-refractivity contribution in [1.29, 1.82) is 0 Å². The highest BCUT2D eigenvalue weighted by Gasteiger charge is 2.22. The minimum Gasteiger partial charge on any atom is -0.306 e. The molecule has 0 saturated carbocycles. The highest BCUT2D eigenvalue weighted by molar-refractivity contribution is 7.80. The molecule has 16 heavy (non-hydrogen) atoms. The summed E-state index contributed by atoms with van der Waals surface area (Å²) < 4.78 is 0. The van der Waals surface area contributed by atoms with E-state index in [4.69, 9.17) is 0 Å². The number of hydrogen-bond donors (Lipinski definition) is 1. The Morgan fingerprint density at radius 1 is 1.50 bits per heavy atom. The summed E-state index contributed by atoms with van der Waals surface area (Å²) in [5.41, 5.74) is 2.30. The average molecular weight is 237 g/mol. The number of nitrogens with zero attached hydrogens (tertiary/aromatic N) is 3. The van der Waals surface area contributed by atoms with Crippen molar-refractivity contribution in [2.75, 3.05) is 25.9 Å². The molecule has 1 fully saturated rings. The Morgan fingerprint density at radius 3 is 2.94 bits per heavy atom. The molecule has 3 nitrogen and oxygen atoms in total. The first kappa shape index (κ1) is 11.9. The molecule has 1 atom stereocenters. The van der Waals surface area contributed by atoms with E-state index in [1.807, 2.05) is 6.92 Å². The number of thiol groups is 1. The predicted molar refractivity (Wildman–Crippen MR) is 69.2 cm³/mol. The van der Waals surface area contributed by atoms with E-state index in [2.05, 4.69) is 40.6 Å². The van der Waals surface area contributed by atoms with Crippen molar-refractivity contribution >= 4 is 12.6 Å². The van der Waals surface area contributed by atoms with Crippen molar-refractivity contribution in [2.45, 2.75) is 25.7 Å². The molecule has 1 aromatic rings. The van der Waals surface area contributed by atoms with Crippen LogP contribution in [0.25, 0.3) is 0 Å². The van der Waals surface area contributed by atoms with Gasteiger partial charge in [-0.15, -0.1) is 0 Å². The zero-order valence-electron chi connectivity index (χ0n) is 9.98. The highest BCUT2D eigenvalue weighted by Crippen LogP contribution is 2.25. The molecule has 4 heteroatoms. The van der Waals surface area contributed by atoms with E-state index in [9.17, 15) is 0 Å². The molecule has 1 aliphatic heterocycles. The average Bonchev–Trinajstić information content (AvgIpc) is 2.64. The third-order valence-corrected chi connectivity index (χ3v) is 3.29. The fourth-order valence-corrected chi connectivity index (χ4v) is 2.45. The molecule has 2 heterocycles. The molecular weight excluding hydrogens is 218 g/mol. The molecule has 88 valence electrons. The lowest BCUT2D eigenvalue weighted by atomic mass is 10.0. The molecule has 1 aliphatic rings. The van der Waals surface area contributed by atoms with Crippen LogP contribution >= 0.6 is 12.6 Å². The second-order valence-electron chi connectivity index (χ2n) is 4.57. The number of hydrogen-bond acceptors (Lipinski definition) is 4. The van der Waals surface area contributed by atoms with Crippen LogP contribution < -0.4 is 0 Å². The lowest BCUT2D eigenvalue weighted by molar-refractivity contribution is 0.410. The van der Waals surface area contributed by atoms with E-state index >= 15 is 0 Å². The highest BCUT2D eigenvalue weighted by atomic mass is 32.1. The third-order valence-electron chi connectivity index (χ3n) is 3.07. The fraction of sp³-hybridized carbons (Fsp3) is 0.667. The number of likely N-dealkylation sites (tertiary alicyclic amines) is 1. The van der Waals surface area contributed by atoms with E-state index in [1.165, 1.54) is 18.7 Å². The topological polar surface area (TPSA) is 29.0 Å². The minimum absolute atomic E-state index is 0.588.